The van der Waals surface area contributed by atoms with Gasteiger partial charge in [0.25, 0.3) is 0 Å². The predicted molar refractivity (Wildman–Crippen MR) is 55.0 cm³/mol. The van der Waals surface area contributed by atoms with E-state index in [2.05, 4.69) is 5.32 Å². The third-order valence-electron chi connectivity index (χ3n) is 1.80. The average Bonchev–Trinajstić information content (AvgIpc) is 2.20. The molecule has 0 aliphatic carbocycles. The monoisotopic (exact) mass is 193 g/mol. The number of rotatable bonds is 6. The topological polar surface area (TPSA) is 38.3 Å². The highest BCUT2D eigenvalue weighted by molar-refractivity contribution is 5.81. The van der Waals surface area contributed by atoms with Gasteiger partial charge in [-0.2, -0.15) is 0 Å². The Balaban J connectivity index is 2.19. The van der Waals surface area contributed by atoms with Crippen molar-refractivity contribution < 1.29 is 9.53 Å². The van der Waals surface area contributed by atoms with Gasteiger partial charge in [0.1, 0.15) is 6.61 Å². The average molecular weight is 193 g/mol. The second-order valence-corrected chi connectivity index (χ2v) is 3.06. The lowest BCUT2D eigenvalue weighted by Crippen LogP contribution is -2.25. The zero-order valence-corrected chi connectivity index (χ0v) is 8.32. The minimum absolute atomic E-state index is 0.0726. The van der Waals surface area contributed by atoms with Gasteiger partial charge < -0.3 is 10.1 Å². The molecule has 0 saturated heterocycles. The van der Waals surface area contributed by atoms with E-state index in [1.807, 2.05) is 30.3 Å². The molecule has 0 atom stereocenters. The van der Waals surface area contributed by atoms with Crippen LogP contribution in [0.5, 0.6) is 0 Å². The van der Waals surface area contributed by atoms with E-state index in [1.165, 1.54) is 12.7 Å². The van der Waals surface area contributed by atoms with Gasteiger partial charge in [-0.05, 0) is 5.56 Å². The summed E-state index contributed by atoms with van der Waals surface area (Å²) in [4.78, 5) is 11.0. The molecule has 0 unspecified atom stereocenters. The van der Waals surface area contributed by atoms with E-state index in [0.29, 0.717) is 6.54 Å². The summed E-state index contributed by atoms with van der Waals surface area (Å²) in [6.45, 7) is 1.26. The third kappa shape index (κ3) is 4.16. The van der Waals surface area contributed by atoms with Crippen molar-refractivity contribution in [3.63, 3.8) is 0 Å². The number of hydrogen-bond acceptors (Lipinski definition) is 3. The fourth-order valence-corrected chi connectivity index (χ4v) is 1.15. The number of hydrogen-bond donors (Lipinski definition) is 1. The van der Waals surface area contributed by atoms with Crippen LogP contribution in [0.2, 0.25) is 0 Å². The molecule has 76 valence electrons. The Morgan fingerprint density at radius 1 is 1.36 bits per heavy atom. The fourth-order valence-electron chi connectivity index (χ4n) is 1.15. The summed E-state index contributed by atoms with van der Waals surface area (Å²) >= 11 is 0. The zero-order valence-electron chi connectivity index (χ0n) is 8.32. The normalized spacial score (nSPS) is 10.1. The smallest absolute Gasteiger partial charge is 0.172 e. The minimum Gasteiger partial charge on any atom is -0.377 e. The molecule has 1 rings (SSSR count). The summed E-state index contributed by atoms with van der Waals surface area (Å²) in [5.41, 5.74) is 1.18. The molecule has 0 aliphatic heterocycles. The molecular weight excluding hydrogens is 178 g/mol. The molecule has 0 heterocycles. The number of carbonyl (C=O) groups excluding carboxylic acids is 1. The molecule has 0 saturated carbocycles. The summed E-state index contributed by atoms with van der Waals surface area (Å²) in [6.07, 6.45) is 0. The second-order valence-electron chi connectivity index (χ2n) is 3.06. The van der Waals surface area contributed by atoms with E-state index in [9.17, 15) is 4.79 Å². The number of Topliss-reactive ketones (excluding diaryl/α,β-unsaturated/α-hetero) is 1. The van der Waals surface area contributed by atoms with Gasteiger partial charge in [-0.1, -0.05) is 30.3 Å². The van der Waals surface area contributed by atoms with Gasteiger partial charge in [-0.3, -0.25) is 4.79 Å². The van der Waals surface area contributed by atoms with Crippen molar-refractivity contribution in [1.82, 2.24) is 5.32 Å². The van der Waals surface area contributed by atoms with E-state index in [-0.39, 0.29) is 12.4 Å². The van der Waals surface area contributed by atoms with Crippen molar-refractivity contribution in [2.75, 3.05) is 20.3 Å². The summed E-state index contributed by atoms with van der Waals surface area (Å²) in [6, 6.07) is 9.98. The van der Waals surface area contributed by atoms with Crippen LogP contribution in [0.1, 0.15) is 5.56 Å². The Morgan fingerprint density at radius 3 is 2.71 bits per heavy atom. The van der Waals surface area contributed by atoms with Crippen molar-refractivity contribution in [1.29, 1.82) is 0 Å². The highest BCUT2D eigenvalue weighted by Crippen LogP contribution is 1.96. The van der Waals surface area contributed by atoms with Crippen LogP contribution in [0.4, 0.5) is 0 Å². The molecule has 1 aromatic rings. The van der Waals surface area contributed by atoms with E-state index in [0.717, 1.165) is 6.54 Å². The van der Waals surface area contributed by atoms with Crippen LogP contribution in [-0.4, -0.2) is 26.0 Å². The van der Waals surface area contributed by atoms with Gasteiger partial charge in [0.05, 0.1) is 6.54 Å². The summed E-state index contributed by atoms with van der Waals surface area (Å²) < 4.78 is 4.72. The Bertz CT molecular complexity index is 272. The Kier molecular flexibility index (Phi) is 4.89. The highest BCUT2D eigenvalue weighted by atomic mass is 16.5. The molecule has 0 aliphatic rings. The largest absolute Gasteiger partial charge is 0.377 e. The SMILES string of the molecule is COCC(=O)CNCc1ccccc1. The standard InChI is InChI=1S/C11H15NO2/c1-14-9-11(13)8-12-7-10-5-3-2-4-6-10/h2-6,12H,7-9H2,1H3. The minimum atomic E-state index is 0.0726. The molecule has 14 heavy (non-hydrogen) atoms. The predicted octanol–water partition coefficient (Wildman–Crippen LogP) is 0.992. The van der Waals surface area contributed by atoms with Crippen LogP contribution in [0.3, 0.4) is 0 Å². The first-order valence-electron chi connectivity index (χ1n) is 4.58. The quantitative estimate of drug-likeness (QED) is 0.732. The summed E-state index contributed by atoms with van der Waals surface area (Å²) in [5.74, 6) is 0.0726. The van der Waals surface area contributed by atoms with Crippen LogP contribution in [-0.2, 0) is 16.1 Å². The first-order valence-corrected chi connectivity index (χ1v) is 4.58. The lowest BCUT2D eigenvalue weighted by Gasteiger charge is -2.03. The first kappa shape index (κ1) is 10.9. The van der Waals surface area contributed by atoms with Crippen LogP contribution in [0.25, 0.3) is 0 Å². The lowest BCUT2D eigenvalue weighted by atomic mass is 10.2. The van der Waals surface area contributed by atoms with Gasteiger partial charge in [0.15, 0.2) is 5.78 Å². The van der Waals surface area contributed by atoms with Gasteiger partial charge >= 0.3 is 0 Å². The number of methoxy groups -OCH3 is 1. The summed E-state index contributed by atoms with van der Waals surface area (Å²) in [7, 11) is 1.52. The fraction of sp³-hybridized carbons (Fsp3) is 0.364. The molecule has 1 N–H and O–H groups in total. The van der Waals surface area contributed by atoms with Gasteiger partial charge in [-0.15, -0.1) is 0 Å². The van der Waals surface area contributed by atoms with Crippen LogP contribution in [0, 0.1) is 0 Å². The molecule has 0 spiro atoms. The number of ether oxygens (including phenoxy) is 1. The second kappa shape index (κ2) is 6.29. The zero-order chi connectivity index (χ0) is 10.2. The molecule has 0 amide bonds. The Hall–Kier alpha value is -1.19. The van der Waals surface area contributed by atoms with Crippen LogP contribution in [0.15, 0.2) is 30.3 Å². The molecule has 0 bridgehead atoms. The maximum Gasteiger partial charge on any atom is 0.172 e. The van der Waals surface area contributed by atoms with Gasteiger partial charge in [-0.25, -0.2) is 0 Å². The van der Waals surface area contributed by atoms with Crippen LogP contribution >= 0.6 is 0 Å². The lowest BCUT2D eigenvalue weighted by molar-refractivity contribution is -0.121. The van der Waals surface area contributed by atoms with E-state index >= 15 is 0 Å². The molecule has 0 fully saturated rings. The van der Waals surface area contributed by atoms with E-state index in [4.69, 9.17) is 4.74 Å². The molecular formula is C11H15NO2. The molecule has 0 aromatic heterocycles. The number of nitrogens with one attached hydrogen (secondary N) is 1. The highest BCUT2D eigenvalue weighted by Gasteiger charge is 1.99. The van der Waals surface area contributed by atoms with Crippen molar-refractivity contribution in [3.8, 4) is 0 Å². The summed E-state index contributed by atoms with van der Waals surface area (Å²) in [5, 5.41) is 3.06. The van der Waals surface area contributed by atoms with Crippen molar-refractivity contribution in [2.45, 2.75) is 6.54 Å². The van der Waals surface area contributed by atoms with Crippen molar-refractivity contribution >= 4 is 5.78 Å². The van der Waals surface area contributed by atoms with Crippen molar-refractivity contribution in [2.24, 2.45) is 0 Å². The van der Waals surface area contributed by atoms with E-state index in [1.54, 1.807) is 0 Å². The van der Waals surface area contributed by atoms with Crippen LogP contribution < -0.4 is 5.32 Å². The molecule has 1 aromatic carbocycles. The number of ketones is 1. The third-order valence-corrected chi connectivity index (χ3v) is 1.80. The van der Waals surface area contributed by atoms with E-state index < -0.39 is 0 Å². The molecule has 3 heteroatoms. The number of carbonyl (C=O) groups is 1. The Labute approximate surface area is 84.1 Å². The van der Waals surface area contributed by atoms with Gasteiger partial charge in [0, 0.05) is 13.7 Å². The first-order chi connectivity index (χ1) is 6.83. The maximum absolute atomic E-state index is 11.0. The molecule has 0 radical (unpaired) electrons. The van der Waals surface area contributed by atoms with Gasteiger partial charge in [0.2, 0.25) is 0 Å². The Morgan fingerprint density at radius 2 is 2.07 bits per heavy atom. The number of benzene rings is 1. The molecule has 3 nitrogen and oxygen atoms in total. The maximum atomic E-state index is 11.0. The van der Waals surface area contributed by atoms with Crippen molar-refractivity contribution in [3.05, 3.63) is 35.9 Å².